The average molecular weight is 489 g/mol. The number of aromatic nitrogens is 2. The van der Waals surface area contributed by atoms with Crippen LogP contribution in [0.4, 0.5) is 19.0 Å². The van der Waals surface area contributed by atoms with E-state index in [9.17, 15) is 23.1 Å². The fourth-order valence-corrected chi connectivity index (χ4v) is 4.47. The number of para-hydroxylation sites is 2. The second kappa shape index (κ2) is 8.92. The number of rotatable bonds is 7. The van der Waals surface area contributed by atoms with E-state index in [0.717, 1.165) is 5.56 Å². The molecule has 1 aromatic heterocycles. The van der Waals surface area contributed by atoms with Gasteiger partial charge < -0.3 is 20.9 Å². The Kier molecular flexibility index (Phi) is 6.27. The summed E-state index contributed by atoms with van der Waals surface area (Å²) in [5.41, 5.74) is 3.73. The van der Waals surface area contributed by atoms with Gasteiger partial charge in [0.2, 0.25) is 0 Å². The first-order valence-electron chi connectivity index (χ1n) is 11.1. The molecule has 0 unspecified atom stereocenters. The quantitative estimate of drug-likeness (QED) is 0.470. The highest BCUT2D eigenvalue weighted by Crippen LogP contribution is 2.45. The van der Waals surface area contributed by atoms with Crippen LogP contribution in [0.3, 0.4) is 0 Å². The Balaban J connectivity index is 1.55. The van der Waals surface area contributed by atoms with Crippen LogP contribution in [0.15, 0.2) is 54.7 Å². The number of benzene rings is 2. The van der Waals surface area contributed by atoms with E-state index in [0.29, 0.717) is 30.0 Å². The molecule has 0 saturated carbocycles. The van der Waals surface area contributed by atoms with Gasteiger partial charge in [0.05, 0.1) is 25.0 Å². The van der Waals surface area contributed by atoms with Crippen molar-refractivity contribution in [2.45, 2.75) is 43.9 Å². The Morgan fingerprint density at radius 1 is 1.17 bits per heavy atom. The highest BCUT2D eigenvalue weighted by atomic mass is 19.4. The maximum absolute atomic E-state index is 14.1. The Labute approximate surface area is 200 Å². The van der Waals surface area contributed by atoms with Gasteiger partial charge in [0.1, 0.15) is 17.1 Å². The lowest BCUT2D eigenvalue weighted by atomic mass is 9.74. The number of nitrogens with two attached hydrogens (primary N) is 1. The number of anilines is 1. The van der Waals surface area contributed by atoms with Crippen LogP contribution in [0.1, 0.15) is 41.8 Å². The number of halogens is 3. The van der Waals surface area contributed by atoms with Gasteiger partial charge >= 0.3 is 6.18 Å². The largest absolute Gasteiger partial charge is 0.493 e. The number of nitrogens with one attached hydrogen (secondary N) is 1. The molecule has 3 aromatic rings. The van der Waals surface area contributed by atoms with Gasteiger partial charge in [0, 0.05) is 12.0 Å². The number of alkyl halides is 3. The minimum atomic E-state index is -5.00. The zero-order valence-electron chi connectivity index (χ0n) is 19.4. The second-order valence-electron chi connectivity index (χ2n) is 9.36. The predicted octanol–water partition coefficient (Wildman–Crippen LogP) is 3.78. The van der Waals surface area contributed by atoms with E-state index >= 15 is 0 Å². The summed E-state index contributed by atoms with van der Waals surface area (Å²) < 4.78 is 49.3. The molecule has 1 atom stereocenters. The summed E-state index contributed by atoms with van der Waals surface area (Å²) in [5.74, 6) is -0.331. The van der Waals surface area contributed by atoms with Crippen LogP contribution in [0.25, 0.3) is 5.69 Å². The molecular formula is C25H27F3N4O3. The maximum Gasteiger partial charge on any atom is 0.418 e. The number of nitrogen functional groups attached to an aromatic ring is 1. The topological polar surface area (TPSA) is 102 Å². The number of hydrogen-bond donors (Lipinski definition) is 3. The predicted molar refractivity (Wildman–Crippen MR) is 125 cm³/mol. The number of fused-ring (bicyclic) bond motifs is 1. The lowest BCUT2D eigenvalue weighted by molar-refractivity contribution is -0.263. The van der Waals surface area contributed by atoms with Gasteiger partial charge in [-0.25, -0.2) is 4.68 Å². The zero-order valence-corrected chi connectivity index (χ0v) is 19.4. The van der Waals surface area contributed by atoms with Crippen molar-refractivity contribution in [2.24, 2.45) is 0 Å². The molecule has 4 N–H and O–H groups in total. The zero-order chi connectivity index (χ0) is 25.4. The highest BCUT2D eigenvalue weighted by Gasteiger charge is 2.56. The molecule has 35 heavy (non-hydrogen) atoms. The molecule has 2 aromatic carbocycles. The lowest BCUT2D eigenvalue weighted by Crippen LogP contribution is -2.56. The molecule has 0 spiro atoms. The molecule has 1 amide bonds. The second-order valence-corrected chi connectivity index (χ2v) is 9.36. The van der Waals surface area contributed by atoms with Gasteiger partial charge in [-0.1, -0.05) is 50.2 Å². The van der Waals surface area contributed by atoms with E-state index in [4.69, 9.17) is 10.5 Å². The number of nitrogens with zero attached hydrogens (tertiary/aromatic N) is 2. The third-order valence-corrected chi connectivity index (χ3v) is 6.30. The molecule has 0 saturated heterocycles. The molecular weight excluding hydrogens is 461 g/mol. The van der Waals surface area contributed by atoms with E-state index in [1.807, 2.05) is 6.07 Å². The molecule has 4 rings (SSSR count). The van der Waals surface area contributed by atoms with Crippen molar-refractivity contribution in [3.63, 3.8) is 0 Å². The average Bonchev–Trinajstić information content (AvgIpc) is 3.43. The minimum absolute atomic E-state index is 0.0263. The molecule has 0 radical (unpaired) electrons. The summed E-state index contributed by atoms with van der Waals surface area (Å²) in [6.45, 7) is 2.64. The van der Waals surface area contributed by atoms with Gasteiger partial charge in [-0.2, -0.15) is 18.3 Å². The number of aliphatic hydroxyl groups is 1. The fourth-order valence-electron chi connectivity index (χ4n) is 4.47. The summed E-state index contributed by atoms with van der Waals surface area (Å²) in [5, 5.41) is 17.1. The van der Waals surface area contributed by atoms with Crippen LogP contribution in [-0.4, -0.2) is 45.7 Å². The third-order valence-electron chi connectivity index (χ3n) is 6.30. The molecule has 1 aliphatic heterocycles. The van der Waals surface area contributed by atoms with Crippen molar-refractivity contribution in [1.82, 2.24) is 15.1 Å². The van der Waals surface area contributed by atoms with Crippen molar-refractivity contribution in [1.29, 1.82) is 0 Å². The first-order valence-corrected chi connectivity index (χ1v) is 11.1. The normalized spacial score (nSPS) is 15.3. The monoisotopic (exact) mass is 488 g/mol. The molecule has 2 heterocycles. The summed E-state index contributed by atoms with van der Waals surface area (Å²) in [6.07, 6.45) is -3.84. The van der Waals surface area contributed by atoms with Gasteiger partial charge in [0.25, 0.3) is 5.91 Å². The number of hydrogen-bond acceptors (Lipinski definition) is 5. The van der Waals surface area contributed by atoms with Crippen LogP contribution in [0.2, 0.25) is 0 Å². The third kappa shape index (κ3) is 4.70. The van der Waals surface area contributed by atoms with Crippen molar-refractivity contribution < 1.29 is 27.8 Å². The Morgan fingerprint density at radius 2 is 1.89 bits per heavy atom. The highest BCUT2D eigenvalue weighted by molar-refractivity contribution is 5.98. The summed E-state index contributed by atoms with van der Waals surface area (Å²) in [7, 11) is 0. The van der Waals surface area contributed by atoms with Crippen molar-refractivity contribution in [2.75, 3.05) is 18.9 Å². The van der Waals surface area contributed by atoms with Crippen molar-refractivity contribution in [3.8, 4) is 11.4 Å². The van der Waals surface area contributed by atoms with E-state index in [-0.39, 0.29) is 11.4 Å². The van der Waals surface area contributed by atoms with E-state index in [2.05, 4.69) is 10.4 Å². The minimum Gasteiger partial charge on any atom is -0.493 e. The maximum atomic E-state index is 14.1. The number of carbonyl (C=O) groups excluding carboxylic acids is 1. The van der Waals surface area contributed by atoms with Gasteiger partial charge in [0.15, 0.2) is 5.60 Å². The summed E-state index contributed by atoms with van der Waals surface area (Å²) in [4.78, 5) is 12.7. The molecule has 0 bridgehead atoms. The molecule has 0 aliphatic carbocycles. The first kappa shape index (κ1) is 24.6. The Hall–Kier alpha value is -3.53. The lowest BCUT2D eigenvalue weighted by Gasteiger charge is -2.38. The van der Waals surface area contributed by atoms with Crippen molar-refractivity contribution >= 4 is 11.7 Å². The molecule has 1 aliphatic rings. The Morgan fingerprint density at radius 3 is 2.57 bits per heavy atom. The van der Waals surface area contributed by atoms with Crippen LogP contribution in [0.5, 0.6) is 5.75 Å². The SMILES string of the molecule is CC(C)(C[C@](O)(CNC(=O)c1cnn(-c2ccccc2)c1N)C(F)(F)F)c1cccc2c1OCC2. The van der Waals surface area contributed by atoms with Crippen LogP contribution in [0, 0.1) is 0 Å². The molecule has 10 heteroatoms. The van der Waals surface area contributed by atoms with Gasteiger partial charge in [-0.15, -0.1) is 0 Å². The van der Waals surface area contributed by atoms with Crippen LogP contribution >= 0.6 is 0 Å². The first-order chi connectivity index (χ1) is 16.4. The number of carbonyl (C=O) groups is 1. The Bertz CT molecular complexity index is 1220. The smallest absolute Gasteiger partial charge is 0.418 e. The van der Waals surface area contributed by atoms with E-state index in [1.54, 1.807) is 56.3 Å². The van der Waals surface area contributed by atoms with Gasteiger partial charge in [-0.05, 0) is 29.5 Å². The number of amides is 1. The van der Waals surface area contributed by atoms with Crippen LogP contribution < -0.4 is 15.8 Å². The molecule has 0 fully saturated rings. The van der Waals surface area contributed by atoms with E-state index < -0.39 is 36.1 Å². The van der Waals surface area contributed by atoms with Crippen molar-refractivity contribution in [3.05, 3.63) is 71.4 Å². The fraction of sp³-hybridized carbons (Fsp3) is 0.360. The molecule has 186 valence electrons. The van der Waals surface area contributed by atoms with Crippen LogP contribution in [-0.2, 0) is 11.8 Å². The summed E-state index contributed by atoms with van der Waals surface area (Å²) in [6, 6.07) is 14.1. The summed E-state index contributed by atoms with van der Waals surface area (Å²) >= 11 is 0. The standard InChI is InChI=1S/C25H27F3N4O3/c1-23(2,19-10-6-7-16-11-12-35-20(16)19)14-24(34,25(26,27)28)15-30-22(33)18-13-31-32(21(18)29)17-8-4-3-5-9-17/h3-10,13,34H,11-12,14-15,29H2,1-2H3,(H,30,33)/t24-/m0/s1. The van der Waals surface area contributed by atoms with Gasteiger partial charge in [-0.3, -0.25) is 4.79 Å². The molecule has 7 nitrogen and oxygen atoms in total. The number of ether oxygens (including phenoxy) is 1. The van der Waals surface area contributed by atoms with E-state index in [1.165, 1.54) is 10.9 Å².